The summed E-state index contributed by atoms with van der Waals surface area (Å²) < 4.78 is 32.2. The first-order valence-electron chi connectivity index (χ1n) is 6.67. The molecule has 0 aliphatic carbocycles. The molecule has 22 heavy (non-hydrogen) atoms. The summed E-state index contributed by atoms with van der Waals surface area (Å²) in [6.07, 6.45) is -1.33. The van der Waals surface area contributed by atoms with Crippen molar-refractivity contribution in [1.29, 1.82) is 0 Å². The highest BCUT2D eigenvalue weighted by molar-refractivity contribution is 5.80. The summed E-state index contributed by atoms with van der Waals surface area (Å²) in [7, 11) is 0. The number of hydrogen-bond donors (Lipinski definition) is 2. The van der Waals surface area contributed by atoms with Crippen molar-refractivity contribution in [3.8, 4) is 0 Å². The van der Waals surface area contributed by atoms with E-state index in [0.717, 1.165) is 0 Å². The fraction of sp³-hybridized carbons (Fsp3) is 0.467. The summed E-state index contributed by atoms with van der Waals surface area (Å²) in [5.41, 5.74) is -0.811. The van der Waals surface area contributed by atoms with Crippen LogP contribution < -0.4 is 5.32 Å². The Morgan fingerprint density at radius 1 is 1.27 bits per heavy atom. The maximum absolute atomic E-state index is 13.8. The third-order valence-electron chi connectivity index (χ3n) is 2.77. The van der Waals surface area contributed by atoms with Crippen LogP contribution in [-0.2, 0) is 16.0 Å². The van der Waals surface area contributed by atoms with Crippen molar-refractivity contribution in [2.24, 2.45) is 0 Å². The van der Waals surface area contributed by atoms with Crippen LogP contribution in [0.5, 0.6) is 0 Å². The summed E-state index contributed by atoms with van der Waals surface area (Å²) in [4.78, 5) is 22.8. The molecule has 0 saturated heterocycles. The lowest BCUT2D eigenvalue weighted by Gasteiger charge is -2.22. The number of amides is 1. The maximum Gasteiger partial charge on any atom is 0.408 e. The van der Waals surface area contributed by atoms with Gasteiger partial charge in [0.25, 0.3) is 0 Å². The van der Waals surface area contributed by atoms with Gasteiger partial charge in [-0.3, -0.25) is 0 Å². The lowest BCUT2D eigenvalue weighted by molar-refractivity contribution is -0.139. The predicted octanol–water partition coefficient (Wildman–Crippen LogP) is 2.79. The van der Waals surface area contributed by atoms with Gasteiger partial charge in [0.05, 0.1) is 0 Å². The lowest BCUT2D eigenvalue weighted by atomic mass is 10.0. The van der Waals surface area contributed by atoms with Gasteiger partial charge in [-0.1, -0.05) is 12.1 Å². The normalized spacial score (nSPS) is 12.6. The number of ether oxygens (including phenoxy) is 1. The Hall–Kier alpha value is -2.18. The number of carbonyl (C=O) groups excluding carboxylic acids is 1. The standard InChI is InChI=1S/C15H19F2NO4/c1-8-5-6-9(12(17)11(8)16)7-10(13(19)20)18-14(21)22-15(2,3)4/h5-6,10H,7H2,1-4H3,(H,18,21)(H,19,20). The first-order valence-corrected chi connectivity index (χ1v) is 6.67. The zero-order valence-electron chi connectivity index (χ0n) is 12.9. The average molecular weight is 315 g/mol. The van der Waals surface area contributed by atoms with Crippen LogP contribution >= 0.6 is 0 Å². The number of alkyl carbamates (subject to hydrolysis) is 1. The van der Waals surface area contributed by atoms with E-state index in [0.29, 0.717) is 0 Å². The molecule has 1 amide bonds. The molecule has 0 aliphatic rings. The molecule has 1 aromatic rings. The molecule has 7 heteroatoms. The van der Waals surface area contributed by atoms with Crippen LogP contribution in [0.3, 0.4) is 0 Å². The lowest BCUT2D eigenvalue weighted by Crippen LogP contribution is -2.44. The molecule has 0 spiro atoms. The molecule has 0 heterocycles. The number of rotatable bonds is 4. The van der Waals surface area contributed by atoms with Gasteiger partial charge in [0, 0.05) is 6.42 Å². The fourth-order valence-electron chi connectivity index (χ4n) is 1.71. The molecule has 0 aromatic heterocycles. The van der Waals surface area contributed by atoms with Gasteiger partial charge in [0.2, 0.25) is 0 Å². The second-order valence-corrected chi connectivity index (χ2v) is 5.91. The van der Waals surface area contributed by atoms with Crippen molar-refractivity contribution in [3.05, 3.63) is 34.9 Å². The zero-order chi connectivity index (χ0) is 17.1. The Labute approximate surface area is 127 Å². The Kier molecular flexibility index (Phi) is 5.46. The number of aliphatic carboxylic acids is 1. The second kappa shape index (κ2) is 6.72. The Bertz CT molecular complexity index is 582. The van der Waals surface area contributed by atoms with Crippen molar-refractivity contribution in [2.75, 3.05) is 0 Å². The van der Waals surface area contributed by atoms with Crippen molar-refractivity contribution < 1.29 is 28.2 Å². The number of aryl methyl sites for hydroxylation is 1. The molecule has 1 unspecified atom stereocenters. The van der Waals surface area contributed by atoms with E-state index in [1.807, 2.05) is 0 Å². The average Bonchev–Trinajstić information content (AvgIpc) is 2.36. The van der Waals surface area contributed by atoms with Crippen LogP contribution in [0.25, 0.3) is 0 Å². The summed E-state index contributed by atoms with van der Waals surface area (Å²) in [6.45, 7) is 6.27. The number of carboxylic acids is 1. The second-order valence-electron chi connectivity index (χ2n) is 5.91. The van der Waals surface area contributed by atoms with E-state index in [-0.39, 0.29) is 11.1 Å². The molecule has 0 saturated carbocycles. The number of nitrogens with one attached hydrogen (secondary N) is 1. The Morgan fingerprint density at radius 2 is 1.86 bits per heavy atom. The molecule has 122 valence electrons. The molecule has 0 aliphatic heterocycles. The first kappa shape index (κ1) is 17.9. The summed E-state index contributed by atoms with van der Waals surface area (Å²) in [6, 6.07) is 1.21. The minimum atomic E-state index is -1.42. The van der Waals surface area contributed by atoms with Gasteiger partial charge in [-0.05, 0) is 38.8 Å². The van der Waals surface area contributed by atoms with Crippen LogP contribution in [0, 0.1) is 18.6 Å². The molecular formula is C15H19F2NO4. The van der Waals surface area contributed by atoms with Crippen LogP contribution in [-0.4, -0.2) is 28.8 Å². The van der Waals surface area contributed by atoms with E-state index in [9.17, 15) is 18.4 Å². The van der Waals surface area contributed by atoms with E-state index >= 15 is 0 Å². The molecule has 1 aromatic carbocycles. The predicted molar refractivity (Wildman–Crippen MR) is 75.6 cm³/mol. The highest BCUT2D eigenvalue weighted by Crippen LogP contribution is 2.17. The van der Waals surface area contributed by atoms with Crippen LogP contribution in [0.1, 0.15) is 31.9 Å². The molecule has 5 nitrogen and oxygen atoms in total. The van der Waals surface area contributed by atoms with Crippen molar-refractivity contribution >= 4 is 12.1 Å². The van der Waals surface area contributed by atoms with Gasteiger partial charge in [-0.2, -0.15) is 0 Å². The van der Waals surface area contributed by atoms with Gasteiger partial charge in [0.15, 0.2) is 11.6 Å². The van der Waals surface area contributed by atoms with Gasteiger partial charge >= 0.3 is 12.1 Å². The van der Waals surface area contributed by atoms with Crippen LogP contribution in [0.15, 0.2) is 12.1 Å². The summed E-state index contributed by atoms with van der Waals surface area (Å²) in [5.74, 6) is -3.51. The van der Waals surface area contributed by atoms with Crippen molar-refractivity contribution in [1.82, 2.24) is 5.32 Å². The molecule has 0 bridgehead atoms. The summed E-state index contributed by atoms with van der Waals surface area (Å²) in [5, 5.41) is 11.2. The minimum absolute atomic E-state index is 0.119. The number of carboxylic acid groups (broad SMARTS) is 1. The maximum atomic E-state index is 13.8. The molecule has 1 atom stereocenters. The molecule has 1 rings (SSSR count). The summed E-state index contributed by atoms with van der Waals surface area (Å²) >= 11 is 0. The monoisotopic (exact) mass is 315 g/mol. The van der Waals surface area contributed by atoms with Crippen molar-refractivity contribution in [2.45, 2.75) is 45.8 Å². The third-order valence-corrected chi connectivity index (χ3v) is 2.77. The van der Waals surface area contributed by atoms with Gasteiger partial charge in [-0.15, -0.1) is 0 Å². The molecule has 0 radical (unpaired) electrons. The molecular weight excluding hydrogens is 296 g/mol. The third kappa shape index (κ3) is 4.98. The largest absolute Gasteiger partial charge is 0.480 e. The fourth-order valence-corrected chi connectivity index (χ4v) is 1.71. The molecule has 2 N–H and O–H groups in total. The number of halogens is 2. The topological polar surface area (TPSA) is 75.6 Å². The van der Waals surface area contributed by atoms with Crippen LogP contribution in [0.4, 0.5) is 13.6 Å². The van der Waals surface area contributed by atoms with Gasteiger partial charge in [0.1, 0.15) is 11.6 Å². The van der Waals surface area contributed by atoms with E-state index in [1.165, 1.54) is 19.1 Å². The van der Waals surface area contributed by atoms with E-state index in [2.05, 4.69) is 5.32 Å². The number of benzene rings is 1. The van der Waals surface area contributed by atoms with E-state index < -0.39 is 41.8 Å². The van der Waals surface area contributed by atoms with Gasteiger partial charge < -0.3 is 15.2 Å². The zero-order valence-corrected chi connectivity index (χ0v) is 12.9. The minimum Gasteiger partial charge on any atom is -0.480 e. The number of carbonyl (C=O) groups is 2. The first-order chi connectivity index (χ1) is 10.0. The Morgan fingerprint density at radius 3 is 2.36 bits per heavy atom. The van der Waals surface area contributed by atoms with E-state index in [4.69, 9.17) is 9.84 Å². The highest BCUT2D eigenvalue weighted by Gasteiger charge is 2.26. The van der Waals surface area contributed by atoms with Gasteiger partial charge in [-0.25, -0.2) is 18.4 Å². The van der Waals surface area contributed by atoms with E-state index in [1.54, 1.807) is 20.8 Å². The SMILES string of the molecule is Cc1ccc(CC(NC(=O)OC(C)(C)C)C(=O)O)c(F)c1F. The molecule has 0 fully saturated rings. The highest BCUT2D eigenvalue weighted by atomic mass is 19.2. The quantitative estimate of drug-likeness (QED) is 0.896. The van der Waals surface area contributed by atoms with Crippen LogP contribution in [0.2, 0.25) is 0 Å². The van der Waals surface area contributed by atoms with Crippen molar-refractivity contribution in [3.63, 3.8) is 0 Å². The number of hydrogen-bond acceptors (Lipinski definition) is 3. The Balaban J connectivity index is 2.88. The smallest absolute Gasteiger partial charge is 0.408 e.